The summed E-state index contributed by atoms with van der Waals surface area (Å²) in [5, 5.41) is 33.8. The predicted octanol–water partition coefficient (Wildman–Crippen LogP) is 1.08. The van der Waals surface area contributed by atoms with Crippen molar-refractivity contribution >= 4 is 22.7 Å². The Morgan fingerprint density at radius 3 is 2.27 bits per heavy atom. The lowest BCUT2D eigenvalue weighted by molar-refractivity contribution is 0.281. The predicted molar refractivity (Wildman–Crippen MR) is 107 cm³/mol. The summed E-state index contributed by atoms with van der Waals surface area (Å²) in [5.41, 5.74) is 10.5. The van der Waals surface area contributed by atoms with Gasteiger partial charge in [0.25, 0.3) is 0 Å². The summed E-state index contributed by atoms with van der Waals surface area (Å²) in [5.74, 6) is 0. The molecule has 0 spiro atoms. The van der Waals surface area contributed by atoms with E-state index in [0.29, 0.717) is 31.9 Å². The van der Waals surface area contributed by atoms with E-state index in [1.165, 1.54) is 0 Å². The summed E-state index contributed by atoms with van der Waals surface area (Å²) in [4.78, 5) is 1.93. The first-order valence-corrected chi connectivity index (χ1v) is 8.71. The number of nitrogens with one attached hydrogen (secondary N) is 2. The third kappa shape index (κ3) is 5.80. The number of benzene rings is 2. The first-order chi connectivity index (χ1) is 12.7. The van der Waals surface area contributed by atoms with E-state index in [1.807, 2.05) is 47.4 Å². The van der Waals surface area contributed by atoms with Crippen molar-refractivity contribution in [2.75, 3.05) is 60.7 Å². The summed E-state index contributed by atoms with van der Waals surface area (Å²) in [6.07, 6.45) is 0. The molecule has 7 nitrogen and oxygen atoms in total. The van der Waals surface area contributed by atoms with E-state index in [-0.39, 0.29) is 19.8 Å². The number of nitrogens with two attached hydrogens (primary N) is 1. The summed E-state index contributed by atoms with van der Waals surface area (Å²) < 4.78 is 0. The van der Waals surface area contributed by atoms with E-state index in [9.17, 15) is 10.2 Å². The molecular weight excluding hydrogens is 332 g/mol. The molecule has 7 heteroatoms. The number of anilines is 4. The van der Waals surface area contributed by atoms with E-state index in [2.05, 4.69) is 10.6 Å². The molecule has 7 N–H and O–H groups in total. The van der Waals surface area contributed by atoms with Crippen LogP contribution in [0.2, 0.25) is 0 Å². The monoisotopic (exact) mass is 360 g/mol. The molecule has 0 bridgehead atoms. The summed E-state index contributed by atoms with van der Waals surface area (Å²) in [6, 6.07) is 13.5. The van der Waals surface area contributed by atoms with Crippen molar-refractivity contribution in [3.63, 3.8) is 0 Å². The Bertz CT molecular complexity index is 676. The minimum Gasteiger partial charge on any atom is -0.398 e. The van der Waals surface area contributed by atoms with Gasteiger partial charge in [-0.15, -0.1) is 0 Å². The van der Waals surface area contributed by atoms with Gasteiger partial charge in [0, 0.05) is 48.9 Å². The van der Waals surface area contributed by atoms with Crippen molar-refractivity contribution in [1.29, 1.82) is 0 Å². The largest absolute Gasteiger partial charge is 0.398 e. The molecule has 0 aromatic heterocycles. The van der Waals surface area contributed by atoms with E-state index in [0.717, 1.165) is 22.6 Å². The van der Waals surface area contributed by atoms with Crippen molar-refractivity contribution in [2.45, 2.75) is 6.54 Å². The summed E-state index contributed by atoms with van der Waals surface area (Å²) >= 11 is 0. The number of aliphatic hydroxyl groups excluding tert-OH is 3. The highest BCUT2D eigenvalue weighted by Gasteiger charge is 2.07. The van der Waals surface area contributed by atoms with Gasteiger partial charge in [0.15, 0.2) is 0 Å². The molecule has 2 aromatic rings. The van der Waals surface area contributed by atoms with Gasteiger partial charge in [-0.05, 0) is 42.0 Å². The maximum Gasteiger partial charge on any atom is 0.0606 e. The number of rotatable bonds is 11. The average molecular weight is 360 g/mol. The lowest BCUT2D eigenvalue weighted by atomic mass is 10.1. The van der Waals surface area contributed by atoms with Crippen molar-refractivity contribution < 1.29 is 15.3 Å². The SMILES string of the molecule is Nc1ccc(NCCO)cc1CNc1cccc(N(CCO)CCO)c1. The van der Waals surface area contributed by atoms with Crippen LogP contribution < -0.4 is 21.3 Å². The molecular formula is C19H28N4O3. The van der Waals surface area contributed by atoms with Crippen LogP contribution in [0.3, 0.4) is 0 Å². The smallest absolute Gasteiger partial charge is 0.0606 e. The van der Waals surface area contributed by atoms with Crippen LogP contribution in [0.15, 0.2) is 42.5 Å². The average Bonchev–Trinajstić information content (AvgIpc) is 2.66. The van der Waals surface area contributed by atoms with Crippen LogP contribution in [-0.4, -0.2) is 54.8 Å². The van der Waals surface area contributed by atoms with Crippen LogP contribution in [0.5, 0.6) is 0 Å². The zero-order valence-corrected chi connectivity index (χ0v) is 14.9. The van der Waals surface area contributed by atoms with Crippen LogP contribution in [0.25, 0.3) is 0 Å². The summed E-state index contributed by atoms with van der Waals surface area (Å²) in [7, 11) is 0. The van der Waals surface area contributed by atoms with Gasteiger partial charge in [-0.2, -0.15) is 0 Å². The van der Waals surface area contributed by atoms with Crippen molar-refractivity contribution in [3.8, 4) is 0 Å². The molecule has 0 aliphatic heterocycles. The van der Waals surface area contributed by atoms with Gasteiger partial charge >= 0.3 is 0 Å². The lowest BCUT2D eigenvalue weighted by Crippen LogP contribution is -2.29. The maximum atomic E-state index is 9.19. The molecule has 26 heavy (non-hydrogen) atoms. The second kappa shape index (κ2) is 10.5. The number of nitrogen functional groups attached to an aromatic ring is 1. The first kappa shape index (κ1) is 19.8. The summed E-state index contributed by atoms with van der Waals surface area (Å²) in [6.45, 7) is 2.12. The molecule has 142 valence electrons. The Morgan fingerprint density at radius 2 is 1.58 bits per heavy atom. The fourth-order valence-electron chi connectivity index (χ4n) is 2.69. The highest BCUT2D eigenvalue weighted by Crippen LogP contribution is 2.22. The van der Waals surface area contributed by atoms with Crippen LogP contribution in [0, 0.1) is 0 Å². The number of nitrogens with zero attached hydrogens (tertiary/aromatic N) is 1. The molecule has 0 atom stereocenters. The third-order valence-electron chi connectivity index (χ3n) is 4.02. The maximum absolute atomic E-state index is 9.19. The number of aliphatic hydroxyl groups is 3. The van der Waals surface area contributed by atoms with E-state index in [4.69, 9.17) is 10.8 Å². The Hall–Kier alpha value is -2.48. The molecule has 2 rings (SSSR count). The Labute approximate surface area is 154 Å². The van der Waals surface area contributed by atoms with Crippen LogP contribution in [-0.2, 0) is 6.54 Å². The van der Waals surface area contributed by atoms with Gasteiger partial charge in [-0.25, -0.2) is 0 Å². The van der Waals surface area contributed by atoms with Crippen LogP contribution in [0.1, 0.15) is 5.56 Å². The molecule has 0 amide bonds. The van der Waals surface area contributed by atoms with E-state index < -0.39 is 0 Å². The zero-order valence-electron chi connectivity index (χ0n) is 14.9. The molecule has 0 aliphatic carbocycles. The first-order valence-electron chi connectivity index (χ1n) is 8.71. The molecule has 0 saturated carbocycles. The molecule has 0 radical (unpaired) electrons. The molecule has 0 aliphatic rings. The van der Waals surface area contributed by atoms with Gasteiger partial charge in [-0.1, -0.05) is 6.07 Å². The van der Waals surface area contributed by atoms with E-state index >= 15 is 0 Å². The number of hydrogen-bond acceptors (Lipinski definition) is 7. The minimum atomic E-state index is 0.0296. The second-order valence-electron chi connectivity index (χ2n) is 5.90. The van der Waals surface area contributed by atoms with Gasteiger partial charge < -0.3 is 36.6 Å². The highest BCUT2D eigenvalue weighted by molar-refractivity contribution is 5.61. The van der Waals surface area contributed by atoms with Crippen molar-refractivity contribution in [3.05, 3.63) is 48.0 Å². The van der Waals surface area contributed by atoms with Crippen molar-refractivity contribution in [2.24, 2.45) is 0 Å². The normalized spacial score (nSPS) is 10.6. The fourth-order valence-corrected chi connectivity index (χ4v) is 2.69. The molecule has 0 saturated heterocycles. The van der Waals surface area contributed by atoms with Crippen molar-refractivity contribution in [1.82, 2.24) is 0 Å². The van der Waals surface area contributed by atoms with Gasteiger partial charge in [0.1, 0.15) is 0 Å². The molecule has 0 fully saturated rings. The minimum absolute atomic E-state index is 0.0296. The van der Waals surface area contributed by atoms with Crippen LogP contribution >= 0.6 is 0 Å². The third-order valence-corrected chi connectivity index (χ3v) is 4.02. The second-order valence-corrected chi connectivity index (χ2v) is 5.90. The molecule has 0 unspecified atom stereocenters. The van der Waals surface area contributed by atoms with Crippen LogP contribution in [0.4, 0.5) is 22.7 Å². The molecule has 0 heterocycles. The quantitative estimate of drug-likeness (QED) is 0.332. The topological polar surface area (TPSA) is 114 Å². The highest BCUT2D eigenvalue weighted by atomic mass is 16.3. The van der Waals surface area contributed by atoms with Gasteiger partial charge in [-0.3, -0.25) is 0 Å². The number of hydrogen-bond donors (Lipinski definition) is 6. The Balaban J connectivity index is 2.06. The molecule has 2 aromatic carbocycles. The Kier molecular flexibility index (Phi) is 8.01. The lowest BCUT2D eigenvalue weighted by Gasteiger charge is -2.23. The fraction of sp³-hybridized carbons (Fsp3) is 0.368. The Morgan fingerprint density at radius 1 is 0.846 bits per heavy atom. The van der Waals surface area contributed by atoms with Gasteiger partial charge in [0.05, 0.1) is 19.8 Å². The van der Waals surface area contributed by atoms with Gasteiger partial charge in [0.2, 0.25) is 0 Å². The standard InChI is InChI=1S/C19H28N4O3/c20-19-5-4-17(21-6-9-24)12-15(19)14-22-16-2-1-3-18(13-16)23(7-10-25)8-11-26/h1-5,12-13,21-22,24-26H,6-11,14,20H2. The van der Waals surface area contributed by atoms with E-state index in [1.54, 1.807) is 0 Å². The zero-order chi connectivity index (χ0) is 18.8.